The van der Waals surface area contributed by atoms with Crippen LogP contribution in [0.3, 0.4) is 0 Å². The number of hydrogen-bond donors (Lipinski definition) is 2. The molecule has 0 radical (unpaired) electrons. The van der Waals surface area contributed by atoms with Crippen LogP contribution in [-0.4, -0.2) is 47.1 Å². The van der Waals surface area contributed by atoms with Crippen molar-refractivity contribution in [2.24, 2.45) is 10.8 Å². The quantitative estimate of drug-likeness (QED) is 0.373. The average Bonchev–Trinajstić information content (AvgIpc) is 2.67. The van der Waals surface area contributed by atoms with E-state index in [2.05, 4.69) is 15.5 Å². The minimum atomic E-state index is 0.231. The number of nitrogens with one attached hydrogen (secondary N) is 1. The molecule has 0 bridgehead atoms. The molecule has 1 aliphatic heterocycles. The molecule has 1 aliphatic rings. The minimum Gasteiger partial charge on any atom is -0.457 e. The Labute approximate surface area is 151 Å². The fourth-order valence-corrected chi connectivity index (χ4v) is 2.47. The highest BCUT2D eigenvalue weighted by molar-refractivity contribution is 7.80. The Morgan fingerprint density at radius 2 is 1.96 bits per heavy atom. The number of hydrazone groups is 1. The Morgan fingerprint density at radius 1 is 1.20 bits per heavy atom. The number of thiocarbonyl (C=S) groups is 1. The van der Waals surface area contributed by atoms with Gasteiger partial charge in [-0.2, -0.15) is 5.10 Å². The van der Waals surface area contributed by atoms with Gasteiger partial charge in [0, 0.05) is 25.4 Å². The molecule has 2 heterocycles. The van der Waals surface area contributed by atoms with Crippen LogP contribution in [0, 0.1) is 0 Å². The molecule has 1 aromatic heterocycles. The predicted octanol–water partition coefficient (Wildman–Crippen LogP) is 1.70. The Bertz CT molecular complexity index is 748. The molecule has 0 saturated carbocycles. The lowest BCUT2D eigenvalue weighted by Crippen LogP contribution is -2.45. The molecule has 25 heavy (non-hydrogen) atoms. The molecule has 8 heteroatoms. The largest absolute Gasteiger partial charge is 0.457 e. The number of benzene rings is 1. The summed E-state index contributed by atoms with van der Waals surface area (Å²) in [5.74, 6) is 1.60. The lowest BCUT2D eigenvalue weighted by atomic mass is 10.3. The van der Waals surface area contributed by atoms with Crippen LogP contribution < -0.4 is 15.9 Å². The summed E-state index contributed by atoms with van der Waals surface area (Å²) < 4.78 is 11.1. The van der Waals surface area contributed by atoms with Crippen LogP contribution in [0.2, 0.25) is 0 Å². The number of ether oxygens (including phenoxy) is 2. The third kappa shape index (κ3) is 4.88. The highest BCUT2D eigenvalue weighted by Crippen LogP contribution is 2.20. The van der Waals surface area contributed by atoms with Gasteiger partial charge in [0.05, 0.1) is 13.2 Å². The molecule has 7 nitrogen and oxygen atoms in total. The summed E-state index contributed by atoms with van der Waals surface area (Å²) >= 11 is 5.31. The minimum absolute atomic E-state index is 0.231. The van der Waals surface area contributed by atoms with Gasteiger partial charge in [-0.25, -0.2) is 0 Å². The van der Waals surface area contributed by atoms with E-state index in [1.807, 2.05) is 35.2 Å². The van der Waals surface area contributed by atoms with Crippen LogP contribution in [0.1, 0.15) is 5.69 Å². The van der Waals surface area contributed by atoms with Gasteiger partial charge in [0.25, 0.3) is 0 Å². The molecule has 130 valence electrons. The van der Waals surface area contributed by atoms with Crippen LogP contribution in [-0.2, 0) is 4.74 Å². The van der Waals surface area contributed by atoms with Gasteiger partial charge < -0.3 is 20.1 Å². The van der Waals surface area contributed by atoms with E-state index < -0.39 is 0 Å². The van der Waals surface area contributed by atoms with Crippen molar-refractivity contribution in [3.05, 3.63) is 54.4 Å². The second-order valence-electron chi connectivity index (χ2n) is 5.31. The van der Waals surface area contributed by atoms with E-state index in [0.717, 1.165) is 18.8 Å². The first-order chi connectivity index (χ1) is 12.2. The number of aromatic nitrogens is 1. The van der Waals surface area contributed by atoms with Crippen molar-refractivity contribution in [3.8, 4) is 11.5 Å². The Kier molecular flexibility index (Phi) is 5.76. The normalized spacial score (nSPS) is 14.9. The zero-order valence-electron chi connectivity index (χ0n) is 13.6. The molecule has 0 amide bonds. The Morgan fingerprint density at radius 3 is 2.72 bits per heavy atom. The van der Waals surface area contributed by atoms with Crippen LogP contribution in [0.5, 0.6) is 11.5 Å². The zero-order chi connectivity index (χ0) is 17.5. The first-order valence-electron chi connectivity index (χ1n) is 7.87. The van der Waals surface area contributed by atoms with Crippen molar-refractivity contribution in [1.29, 1.82) is 0 Å². The van der Waals surface area contributed by atoms with E-state index in [9.17, 15) is 0 Å². The van der Waals surface area contributed by atoms with Crippen LogP contribution in [0.4, 0.5) is 0 Å². The van der Waals surface area contributed by atoms with E-state index >= 15 is 0 Å². The number of amidine groups is 1. The van der Waals surface area contributed by atoms with Crippen molar-refractivity contribution >= 4 is 23.2 Å². The summed E-state index contributed by atoms with van der Waals surface area (Å²) in [6.45, 7) is 2.78. The molecular formula is C17H19N5O2S. The van der Waals surface area contributed by atoms with Gasteiger partial charge in [-0.3, -0.25) is 10.4 Å². The zero-order valence-corrected chi connectivity index (χ0v) is 14.4. The Hall–Kier alpha value is -2.71. The molecule has 1 fully saturated rings. The number of pyridine rings is 1. The maximum atomic E-state index is 6.00. The first kappa shape index (κ1) is 17.1. The fraction of sp³-hybridized carbons (Fsp3) is 0.235. The summed E-state index contributed by atoms with van der Waals surface area (Å²) in [6, 6.07) is 13.0. The summed E-state index contributed by atoms with van der Waals surface area (Å²) in [4.78, 5) is 6.20. The lowest BCUT2D eigenvalue weighted by Gasteiger charge is -2.28. The van der Waals surface area contributed by atoms with Crippen molar-refractivity contribution in [2.45, 2.75) is 0 Å². The van der Waals surface area contributed by atoms with E-state index in [4.69, 9.17) is 27.4 Å². The van der Waals surface area contributed by atoms with E-state index in [1.165, 1.54) is 0 Å². The molecule has 3 rings (SSSR count). The highest BCUT2D eigenvalue weighted by Gasteiger charge is 2.13. The van der Waals surface area contributed by atoms with Crippen LogP contribution >= 0.6 is 12.2 Å². The van der Waals surface area contributed by atoms with Crippen molar-refractivity contribution in [3.63, 3.8) is 0 Å². The van der Waals surface area contributed by atoms with Gasteiger partial charge in [-0.15, -0.1) is 0 Å². The van der Waals surface area contributed by atoms with E-state index in [0.29, 0.717) is 29.8 Å². The highest BCUT2D eigenvalue weighted by atomic mass is 32.1. The molecular weight excluding hydrogens is 338 g/mol. The number of nitrogens with two attached hydrogens (primary N) is 1. The Balaban J connectivity index is 1.64. The monoisotopic (exact) mass is 357 g/mol. The summed E-state index contributed by atoms with van der Waals surface area (Å²) in [5, 5.41) is 4.64. The molecule has 0 spiro atoms. The van der Waals surface area contributed by atoms with Crippen molar-refractivity contribution < 1.29 is 9.47 Å². The molecule has 3 N–H and O–H groups in total. The molecule has 0 unspecified atom stereocenters. The van der Waals surface area contributed by atoms with E-state index in [1.54, 1.807) is 18.3 Å². The van der Waals surface area contributed by atoms with Gasteiger partial charge in [0.15, 0.2) is 10.9 Å². The van der Waals surface area contributed by atoms with Gasteiger partial charge in [0.2, 0.25) is 0 Å². The van der Waals surface area contributed by atoms with Crippen molar-refractivity contribution in [1.82, 2.24) is 15.3 Å². The number of para-hydroxylation sites is 1. The lowest BCUT2D eigenvalue weighted by molar-refractivity contribution is 0.0677. The van der Waals surface area contributed by atoms with Crippen molar-refractivity contribution in [2.75, 3.05) is 26.3 Å². The SMILES string of the molecule is N/C(=N\NC(=S)N1CCOCC1)c1cc(Oc2ccccc2)ccn1. The van der Waals surface area contributed by atoms with Gasteiger partial charge in [-0.05, 0) is 30.4 Å². The summed E-state index contributed by atoms with van der Waals surface area (Å²) in [6.07, 6.45) is 1.62. The molecule has 0 atom stereocenters. The van der Waals surface area contributed by atoms with Gasteiger partial charge in [0.1, 0.15) is 17.2 Å². The topological polar surface area (TPSA) is 85.0 Å². The second kappa shape index (κ2) is 8.41. The fourth-order valence-electron chi connectivity index (χ4n) is 2.24. The maximum Gasteiger partial charge on any atom is 0.189 e. The van der Waals surface area contributed by atoms with Crippen LogP contribution in [0.15, 0.2) is 53.8 Å². The standard InChI is InChI=1S/C17H19N5O2S/c18-16(20-21-17(25)22-8-10-23-11-9-22)15-12-14(6-7-19-15)24-13-4-2-1-3-5-13/h1-7,12H,8-11H2,(H2,18,20)(H,21,25). The van der Waals surface area contributed by atoms with Crippen LogP contribution in [0.25, 0.3) is 0 Å². The molecule has 1 aromatic carbocycles. The number of hydrogen-bond acceptors (Lipinski definition) is 5. The third-order valence-corrected chi connectivity index (χ3v) is 3.89. The molecule has 0 aliphatic carbocycles. The van der Waals surface area contributed by atoms with Gasteiger partial charge in [-0.1, -0.05) is 18.2 Å². The van der Waals surface area contributed by atoms with E-state index in [-0.39, 0.29) is 5.84 Å². The number of nitrogens with zero attached hydrogens (tertiary/aromatic N) is 3. The third-order valence-electron chi connectivity index (χ3n) is 3.54. The summed E-state index contributed by atoms with van der Waals surface area (Å²) in [5.41, 5.74) is 9.31. The predicted molar refractivity (Wildman–Crippen MR) is 99.6 cm³/mol. The average molecular weight is 357 g/mol. The molecule has 1 saturated heterocycles. The number of rotatable bonds is 4. The summed E-state index contributed by atoms with van der Waals surface area (Å²) in [7, 11) is 0. The second-order valence-corrected chi connectivity index (χ2v) is 5.69. The number of morpholine rings is 1. The molecule has 2 aromatic rings. The maximum absolute atomic E-state index is 6.00. The first-order valence-corrected chi connectivity index (χ1v) is 8.28. The smallest absolute Gasteiger partial charge is 0.189 e. The van der Waals surface area contributed by atoms with Gasteiger partial charge >= 0.3 is 0 Å².